The molecular weight excluding hydrogens is 304 g/mol. The zero-order valence-corrected chi connectivity index (χ0v) is 14.1. The van der Waals surface area contributed by atoms with E-state index in [1.54, 1.807) is 12.1 Å². The molecule has 0 radical (unpaired) electrons. The van der Waals surface area contributed by atoms with Crippen LogP contribution in [0.2, 0.25) is 0 Å². The molecule has 1 aromatic carbocycles. The normalized spacial score (nSPS) is 12.9. The molecule has 7 heteroatoms. The number of carbonyl (C=O) groups is 1. The second-order valence-electron chi connectivity index (χ2n) is 5.00. The molecule has 0 aliphatic heterocycles. The number of hydrogen-bond acceptors (Lipinski definition) is 4. The van der Waals surface area contributed by atoms with E-state index in [4.69, 9.17) is 4.74 Å². The standard InChI is InChI=1S/C15H24N2O4S/c1-4-21-11-5-10-16-15(18)13(3)17-22(19,20)14-8-6-12(2)7-9-14/h6-9,13,17H,4-5,10-11H2,1-3H3,(H,16,18). The van der Waals surface area contributed by atoms with Gasteiger partial charge in [0, 0.05) is 19.8 Å². The molecular formula is C15H24N2O4S. The molecule has 1 amide bonds. The van der Waals surface area contributed by atoms with Crippen LogP contribution in [0.25, 0.3) is 0 Å². The van der Waals surface area contributed by atoms with Gasteiger partial charge < -0.3 is 10.1 Å². The van der Waals surface area contributed by atoms with Crippen molar-refractivity contribution in [3.05, 3.63) is 29.8 Å². The summed E-state index contributed by atoms with van der Waals surface area (Å²) in [7, 11) is -3.70. The second-order valence-corrected chi connectivity index (χ2v) is 6.71. The van der Waals surface area contributed by atoms with Gasteiger partial charge in [-0.05, 0) is 39.3 Å². The molecule has 1 atom stereocenters. The molecule has 22 heavy (non-hydrogen) atoms. The summed E-state index contributed by atoms with van der Waals surface area (Å²) in [5.41, 5.74) is 0.971. The molecule has 0 saturated carbocycles. The quantitative estimate of drug-likeness (QED) is 0.667. The first-order valence-electron chi connectivity index (χ1n) is 7.31. The number of rotatable bonds is 9. The van der Waals surface area contributed by atoms with E-state index >= 15 is 0 Å². The summed E-state index contributed by atoms with van der Waals surface area (Å²) in [5.74, 6) is -0.354. The Morgan fingerprint density at radius 1 is 1.27 bits per heavy atom. The summed E-state index contributed by atoms with van der Waals surface area (Å²) in [4.78, 5) is 12.0. The molecule has 0 spiro atoms. The van der Waals surface area contributed by atoms with Crippen molar-refractivity contribution in [1.82, 2.24) is 10.0 Å². The topological polar surface area (TPSA) is 84.5 Å². The van der Waals surface area contributed by atoms with Gasteiger partial charge in [-0.3, -0.25) is 4.79 Å². The van der Waals surface area contributed by atoms with Gasteiger partial charge in [-0.15, -0.1) is 0 Å². The first-order valence-corrected chi connectivity index (χ1v) is 8.79. The van der Waals surface area contributed by atoms with Crippen molar-refractivity contribution in [2.75, 3.05) is 19.8 Å². The average Bonchev–Trinajstić information content (AvgIpc) is 2.46. The Labute approximate surface area is 132 Å². The lowest BCUT2D eigenvalue weighted by molar-refractivity contribution is -0.122. The fourth-order valence-corrected chi connectivity index (χ4v) is 2.96. The number of amides is 1. The molecule has 1 aromatic rings. The molecule has 0 saturated heterocycles. The van der Waals surface area contributed by atoms with Gasteiger partial charge in [-0.1, -0.05) is 17.7 Å². The Bertz CT molecular complexity index is 570. The van der Waals surface area contributed by atoms with Crippen LogP contribution in [0.3, 0.4) is 0 Å². The smallest absolute Gasteiger partial charge is 0.241 e. The fourth-order valence-electron chi connectivity index (χ4n) is 1.75. The Kier molecular flexibility index (Phi) is 7.50. The maximum atomic E-state index is 12.2. The van der Waals surface area contributed by atoms with E-state index in [-0.39, 0.29) is 10.8 Å². The SMILES string of the molecule is CCOCCCNC(=O)C(C)NS(=O)(=O)c1ccc(C)cc1. The average molecular weight is 328 g/mol. The van der Waals surface area contributed by atoms with Crippen molar-refractivity contribution in [3.63, 3.8) is 0 Å². The zero-order chi connectivity index (χ0) is 16.6. The Morgan fingerprint density at radius 2 is 1.91 bits per heavy atom. The zero-order valence-electron chi connectivity index (χ0n) is 13.3. The third-order valence-electron chi connectivity index (χ3n) is 3.03. The summed E-state index contributed by atoms with van der Waals surface area (Å²) in [6, 6.07) is 5.63. The molecule has 1 unspecified atom stereocenters. The minimum absolute atomic E-state index is 0.147. The van der Waals surface area contributed by atoms with Crippen molar-refractivity contribution >= 4 is 15.9 Å². The van der Waals surface area contributed by atoms with E-state index in [9.17, 15) is 13.2 Å². The van der Waals surface area contributed by atoms with Crippen LogP contribution in [0, 0.1) is 6.92 Å². The van der Waals surface area contributed by atoms with E-state index in [2.05, 4.69) is 10.0 Å². The number of hydrogen-bond donors (Lipinski definition) is 2. The summed E-state index contributed by atoms with van der Waals surface area (Å²) in [6.45, 7) is 6.96. The van der Waals surface area contributed by atoms with Crippen LogP contribution in [-0.4, -0.2) is 40.1 Å². The first-order chi connectivity index (χ1) is 10.4. The van der Waals surface area contributed by atoms with Crippen molar-refractivity contribution < 1.29 is 17.9 Å². The van der Waals surface area contributed by atoms with Crippen LogP contribution in [-0.2, 0) is 19.6 Å². The highest BCUT2D eigenvalue weighted by atomic mass is 32.2. The van der Waals surface area contributed by atoms with Gasteiger partial charge in [-0.25, -0.2) is 8.42 Å². The molecule has 0 aromatic heterocycles. The molecule has 0 aliphatic rings. The van der Waals surface area contributed by atoms with Gasteiger partial charge in [0.1, 0.15) is 0 Å². The molecule has 2 N–H and O–H groups in total. The highest BCUT2D eigenvalue weighted by Gasteiger charge is 2.21. The predicted octanol–water partition coefficient (Wildman–Crippen LogP) is 1.20. The summed E-state index contributed by atoms with van der Waals surface area (Å²) in [6.07, 6.45) is 0.691. The lowest BCUT2D eigenvalue weighted by Gasteiger charge is -2.14. The van der Waals surface area contributed by atoms with Gasteiger partial charge >= 0.3 is 0 Å². The van der Waals surface area contributed by atoms with E-state index < -0.39 is 16.1 Å². The van der Waals surface area contributed by atoms with Gasteiger partial charge in [0.2, 0.25) is 15.9 Å². The third-order valence-corrected chi connectivity index (χ3v) is 4.58. The Balaban J connectivity index is 2.50. The highest BCUT2D eigenvalue weighted by molar-refractivity contribution is 7.89. The lowest BCUT2D eigenvalue weighted by Crippen LogP contribution is -2.45. The molecule has 0 heterocycles. The summed E-state index contributed by atoms with van der Waals surface area (Å²) in [5, 5.41) is 2.68. The monoisotopic (exact) mass is 328 g/mol. The Hall–Kier alpha value is -1.44. The van der Waals surface area contributed by atoms with E-state index in [0.717, 1.165) is 5.56 Å². The minimum Gasteiger partial charge on any atom is -0.382 e. The lowest BCUT2D eigenvalue weighted by atomic mass is 10.2. The molecule has 1 rings (SSSR count). The molecule has 6 nitrogen and oxygen atoms in total. The van der Waals surface area contributed by atoms with Gasteiger partial charge in [-0.2, -0.15) is 4.72 Å². The maximum absolute atomic E-state index is 12.2. The second kappa shape index (κ2) is 8.87. The third kappa shape index (κ3) is 6.13. The van der Waals surface area contributed by atoms with Crippen molar-refractivity contribution in [2.45, 2.75) is 38.1 Å². The van der Waals surface area contributed by atoms with Crippen LogP contribution in [0.1, 0.15) is 25.8 Å². The van der Waals surface area contributed by atoms with Gasteiger partial charge in [0.05, 0.1) is 10.9 Å². The van der Waals surface area contributed by atoms with Crippen LogP contribution in [0.4, 0.5) is 0 Å². The predicted molar refractivity (Wildman–Crippen MR) is 85.1 cm³/mol. The minimum atomic E-state index is -3.70. The van der Waals surface area contributed by atoms with Crippen molar-refractivity contribution in [3.8, 4) is 0 Å². The van der Waals surface area contributed by atoms with E-state index in [0.29, 0.717) is 26.2 Å². The number of carbonyl (C=O) groups excluding carboxylic acids is 1. The number of benzene rings is 1. The van der Waals surface area contributed by atoms with Crippen LogP contribution >= 0.6 is 0 Å². The number of nitrogens with one attached hydrogen (secondary N) is 2. The largest absolute Gasteiger partial charge is 0.382 e. The first kappa shape index (κ1) is 18.6. The molecule has 124 valence electrons. The van der Waals surface area contributed by atoms with E-state index in [1.165, 1.54) is 19.1 Å². The van der Waals surface area contributed by atoms with Crippen LogP contribution in [0.5, 0.6) is 0 Å². The number of sulfonamides is 1. The van der Waals surface area contributed by atoms with Gasteiger partial charge in [0.15, 0.2) is 0 Å². The molecule has 0 aliphatic carbocycles. The summed E-state index contributed by atoms with van der Waals surface area (Å²) >= 11 is 0. The highest BCUT2D eigenvalue weighted by Crippen LogP contribution is 2.10. The van der Waals surface area contributed by atoms with Crippen LogP contribution in [0.15, 0.2) is 29.2 Å². The number of ether oxygens (including phenoxy) is 1. The van der Waals surface area contributed by atoms with Gasteiger partial charge in [0.25, 0.3) is 0 Å². The van der Waals surface area contributed by atoms with Crippen LogP contribution < -0.4 is 10.0 Å². The van der Waals surface area contributed by atoms with Crippen molar-refractivity contribution in [2.24, 2.45) is 0 Å². The maximum Gasteiger partial charge on any atom is 0.241 e. The molecule has 0 fully saturated rings. The number of aryl methyl sites for hydroxylation is 1. The van der Waals surface area contributed by atoms with E-state index in [1.807, 2.05) is 13.8 Å². The summed E-state index contributed by atoms with van der Waals surface area (Å²) < 4.78 is 31.9. The molecule has 0 bridgehead atoms. The fraction of sp³-hybridized carbons (Fsp3) is 0.533. The Morgan fingerprint density at radius 3 is 2.50 bits per heavy atom. The van der Waals surface area contributed by atoms with Crippen molar-refractivity contribution in [1.29, 1.82) is 0 Å².